The Kier molecular flexibility index (Phi) is 12.1. The summed E-state index contributed by atoms with van der Waals surface area (Å²) in [5.41, 5.74) is 1.79. The zero-order valence-corrected chi connectivity index (χ0v) is 26.5. The molecule has 0 heterocycles. The first kappa shape index (κ1) is 33.2. The summed E-state index contributed by atoms with van der Waals surface area (Å²) in [4.78, 5) is 29.0. The molecular formula is C31H37Cl2N3O5S. The number of benzene rings is 3. The Hall–Kier alpha value is -3.27. The van der Waals surface area contributed by atoms with Gasteiger partial charge in [-0.2, -0.15) is 0 Å². The molecule has 1 atom stereocenters. The van der Waals surface area contributed by atoms with Gasteiger partial charge in [0.2, 0.25) is 21.8 Å². The van der Waals surface area contributed by atoms with Crippen LogP contribution in [0.3, 0.4) is 0 Å². The Balaban J connectivity index is 1.94. The maximum Gasteiger partial charge on any atom is 0.243 e. The molecule has 0 saturated carbocycles. The van der Waals surface area contributed by atoms with E-state index < -0.39 is 16.1 Å². The second-order valence-electron chi connectivity index (χ2n) is 10.2. The van der Waals surface area contributed by atoms with E-state index >= 15 is 0 Å². The highest BCUT2D eigenvalue weighted by Crippen LogP contribution is 2.30. The number of carbonyl (C=O) groups excluding carboxylic acids is 2. The van der Waals surface area contributed by atoms with Crippen LogP contribution in [0.5, 0.6) is 5.75 Å². The van der Waals surface area contributed by atoms with Crippen LogP contribution in [0.2, 0.25) is 10.0 Å². The molecule has 0 aliphatic carbocycles. The molecule has 0 bridgehead atoms. The lowest BCUT2D eigenvalue weighted by Gasteiger charge is -2.33. The summed E-state index contributed by atoms with van der Waals surface area (Å²) >= 11 is 13.0. The number of methoxy groups -OCH3 is 1. The fourth-order valence-corrected chi connectivity index (χ4v) is 6.09. The Bertz CT molecular complexity index is 1450. The standard InChI is InChI=1S/C31H37Cl2N3O5S/c1-22(2)34-31(38)28(20-23-12-6-5-7-13-23)35(21-24-25(32)14-10-15-26(24)33)30(37)18-11-19-36(42(4,39)40)27-16-8-9-17-29(27)41-3/h5-10,12-17,22,28H,11,18-21H2,1-4H3,(H,34,38)/t28-/m1/s1. The molecule has 0 aliphatic rings. The van der Waals surface area contributed by atoms with E-state index in [2.05, 4.69) is 5.32 Å². The Labute approximate surface area is 258 Å². The van der Waals surface area contributed by atoms with E-state index in [-0.39, 0.29) is 50.2 Å². The van der Waals surface area contributed by atoms with E-state index in [9.17, 15) is 18.0 Å². The molecule has 11 heteroatoms. The van der Waals surface area contributed by atoms with E-state index in [0.717, 1.165) is 11.8 Å². The van der Waals surface area contributed by atoms with E-state index in [1.165, 1.54) is 16.3 Å². The molecule has 0 radical (unpaired) electrons. The zero-order chi connectivity index (χ0) is 30.9. The number of nitrogens with zero attached hydrogens (tertiary/aromatic N) is 2. The van der Waals surface area contributed by atoms with Crippen molar-refractivity contribution in [2.45, 2.75) is 51.7 Å². The number of amides is 2. The van der Waals surface area contributed by atoms with Crippen molar-refractivity contribution in [3.8, 4) is 5.75 Å². The molecule has 42 heavy (non-hydrogen) atoms. The molecule has 0 aliphatic heterocycles. The molecule has 0 fully saturated rings. The summed E-state index contributed by atoms with van der Waals surface area (Å²) in [6.07, 6.45) is 1.55. The summed E-state index contributed by atoms with van der Waals surface area (Å²) in [7, 11) is -2.22. The van der Waals surface area contributed by atoms with Gasteiger partial charge in [-0.25, -0.2) is 8.42 Å². The van der Waals surface area contributed by atoms with Crippen LogP contribution in [0.4, 0.5) is 5.69 Å². The van der Waals surface area contributed by atoms with Crippen molar-refractivity contribution in [3.63, 3.8) is 0 Å². The molecule has 1 N–H and O–H groups in total. The van der Waals surface area contributed by atoms with Gasteiger partial charge in [0.1, 0.15) is 11.8 Å². The predicted molar refractivity (Wildman–Crippen MR) is 169 cm³/mol. The van der Waals surface area contributed by atoms with Gasteiger partial charge in [-0.1, -0.05) is 71.7 Å². The normalized spacial score (nSPS) is 12.1. The van der Waals surface area contributed by atoms with Crippen LogP contribution in [0, 0.1) is 0 Å². The topological polar surface area (TPSA) is 96.0 Å². The maximum atomic E-state index is 13.9. The Morgan fingerprint density at radius 3 is 2.14 bits per heavy atom. The molecule has 8 nitrogen and oxygen atoms in total. The quantitative estimate of drug-likeness (QED) is 0.245. The maximum absolute atomic E-state index is 13.9. The predicted octanol–water partition coefficient (Wildman–Crippen LogP) is 5.71. The number of nitrogens with one attached hydrogen (secondary N) is 1. The fourth-order valence-electron chi connectivity index (χ4n) is 4.61. The largest absolute Gasteiger partial charge is 0.495 e. The number of hydrogen-bond acceptors (Lipinski definition) is 5. The van der Waals surface area contributed by atoms with E-state index in [4.69, 9.17) is 27.9 Å². The fraction of sp³-hybridized carbons (Fsp3) is 0.355. The number of halogens is 2. The smallest absolute Gasteiger partial charge is 0.243 e. The van der Waals surface area contributed by atoms with Crippen molar-refractivity contribution in [3.05, 3.63) is 94.0 Å². The SMILES string of the molecule is COc1ccccc1N(CCCC(=O)N(Cc1c(Cl)cccc1Cl)[C@H](Cc1ccccc1)C(=O)NC(C)C)S(C)(=O)=O. The van der Waals surface area contributed by atoms with Crippen LogP contribution < -0.4 is 14.4 Å². The van der Waals surface area contributed by atoms with E-state index in [0.29, 0.717) is 27.0 Å². The average molecular weight is 635 g/mol. The molecule has 0 unspecified atom stereocenters. The highest BCUT2D eigenvalue weighted by molar-refractivity contribution is 7.92. The van der Waals surface area contributed by atoms with Gasteiger partial charge in [0.05, 0.1) is 19.1 Å². The van der Waals surface area contributed by atoms with Crippen molar-refractivity contribution in [2.75, 3.05) is 24.2 Å². The minimum atomic E-state index is -3.68. The van der Waals surface area contributed by atoms with Crippen molar-refractivity contribution in [2.24, 2.45) is 0 Å². The lowest BCUT2D eigenvalue weighted by atomic mass is 10.0. The number of rotatable bonds is 14. The van der Waals surface area contributed by atoms with Gasteiger partial charge in [-0.15, -0.1) is 0 Å². The van der Waals surface area contributed by atoms with Crippen LogP contribution in [-0.4, -0.2) is 57.1 Å². The average Bonchev–Trinajstić information content (AvgIpc) is 2.93. The number of para-hydroxylation sites is 2. The minimum Gasteiger partial charge on any atom is -0.495 e. The molecular weight excluding hydrogens is 597 g/mol. The monoisotopic (exact) mass is 633 g/mol. The third-order valence-corrected chi connectivity index (χ3v) is 8.49. The first-order valence-electron chi connectivity index (χ1n) is 13.6. The Morgan fingerprint density at radius 2 is 1.55 bits per heavy atom. The summed E-state index contributed by atoms with van der Waals surface area (Å²) in [6.45, 7) is 3.74. The third kappa shape index (κ3) is 9.11. The summed E-state index contributed by atoms with van der Waals surface area (Å²) in [6, 6.07) is 20.3. The van der Waals surface area contributed by atoms with Crippen LogP contribution in [0.1, 0.15) is 37.8 Å². The molecule has 2 amide bonds. The van der Waals surface area contributed by atoms with Gasteiger partial charge < -0.3 is 15.0 Å². The van der Waals surface area contributed by atoms with Crippen LogP contribution in [-0.2, 0) is 32.6 Å². The molecule has 3 aromatic carbocycles. The summed E-state index contributed by atoms with van der Waals surface area (Å²) in [5.74, 6) is -0.242. The highest BCUT2D eigenvalue weighted by Gasteiger charge is 2.32. The minimum absolute atomic E-state index is 0.00263. The van der Waals surface area contributed by atoms with Crippen molar-refractivity contribution >= 4 is 50.7 Å². The zero-order valence-electron chi connectivity index (χ0n) is 24.2. The van der Waals surface area contributed by atoms with Crippen molar-refractivity contribution in [1.82, 2.24) is 10.2 Å². The van der Waals surface area contributed by atoms with Gasteiger partial charge in [-0.05, 0) is 50.1 Å². The van der Waals surface area contributed by atoms with Crippen molar-refractivity contribution in [1.29, 1.82) is 0 Å². The number of carbonyl (C=O) groups is 2. The van der Waals surface area contributed by atoms with E-state index in [1.807, 2.05) is 44.2 Å². The first-order chi connectivity index (χ1) is 19.9. The molecule has 3 aromatic rings. The molecule has 226 valence electrons. The van der Waals surface area contributed by atoms with Crippen LogP contribution in [0.25, 0.3) is 0 Å². The van der Waals surface area contributed by atoms with Gasteiger partial charge >= 0.3 is 0 Å². The molecule has 3 rings (SSSR count). The van der Waals surface area contributed by atoms with E-state index in [1.54, 1.807) is 42.5 Å². The summed E-state index contributed by atoms with van der Waals surface area (Å²) in [5, 5.41) is 3.70. The van der Waals surface area contributed by atoms with Crippen LogP contribution in [0.15, 0.2) is 72.8 Å². The van der Waals surface area contributed by atoms with Crippen LogP contribution >= 0.6 is 23.2 Å². The molecule has 0 spiro atoms. The molecule has 0 saturated heterocycles. The summed E-state index contributed by atoms with van der Waals surface area (Å²) < 4.78 is 32.0. The number of ether oxygens (including phenoxy) is 1. The lowest BCUT2D eigenvalue weighted by Crippen LogP contribution is -2.52. The first-order valence-corrected chi connectivity index (χ1v) is 16.2. The van der Waals surface area contributed by atoms with Gasteiger partial charge in [-0.3, -0.25) is 13.9 Å². The Morgan fingerprint density at radius 1 is 0.929 bits per heavy atom. The number of sulfonamides is 1. The van der Waals surface area contributed by atoms with Gasteiger partial charge in [0.25, 0.3) is 0 Å². The second-order valence-corrected chi connectivity index (χ2v) is 12.9. The number of anilines is 1. The van der Waals surface area contributed by atoms with Crippen molar-refractivity contribution < 1.29 is 22.7 Å². The second kappa shape index (κ2) is 15.3. The van der Waals surface area contributed by atoms with Gasteiger partial charge in [0.15, 0.2) is 0 Å². The third-order valence-electron chi connectivity index (χ3n) is 6.60. The lowest BCUT2D eigenvalue weighted by molar-refractivity contribution is -0.141. The van der Waals surface area contributed by atoms with Gasteiger partial charge in [0, 0.05) is 47.6 Å². The number of hydrogen-bond donors (Lipinski definition) is 1. The molecule has 0 aromatic heterocycles. The highest BCUT2D eigenvalue weighted by atomic mass is 35.5.